The summed E-state index contributed by atoms with van der Waals surface area (Å²) in [5.74, 6) is -0.0147. The van der Waals surface area contributed by atoms with Gasteiger partial charge in [-0.15, -0.1) is 0 Å². The molecule has 76 valence electrons. The Balaban J connectivity index is 2.66. The fourth-order valence-corrected chi connectivity index (χ4v) is 1.00. The van der Waals surface area contributed by atoms with Crippen LogP contribution in [0.4, 0.5) is 4.39 Å². The van der Waals surface area contributed by atoms with Crippen LogP contribution in [0.15, 0.2) is 30.4 Å². The summed E-state index contributed by atoms with van der Waals surface area (Å²) in [5.41, 5.74) is 1.95. The maximum absolute atomic E-state index is 13.2. The van der Waals surface area contributed by atoms with Gasteiger partial charge in [0.25, 0.3) is 0 Å². The van der Waals surface area contributed by atoms with Gasteiger partial charge in [0.1, 0.15) is 6.61 Å². The minimum Gasteiger partial charge on any atom is -0.486 e. The lowest BCUT2D eigenvalue weighted by molar-refractivity contribution is 0.329. The molecule has 14 heavy (non-hydrogen) atoms. The number of halogens is 1. The van der Waals surface area contributed by atoms with E-state index in [0.29, 0.717) is 12.4 Å². The largest absolute Gasteiger partial charge is 0.486 e. The molecule has 0 aromatic heterocycles. The monoisotopic (exact) mass is 194 g/mol. The van der Waals surface area contributed by atoms with Gasteiger partial charge < -0.3 is 4.74 Å². The third-order valence-electron chi connectivity index (χ3n) is 2.02. The summed E-state index contributed by atoms with van der Waals surface area (Å²) in [4.78, 5) is 0. The molecule has 0 aliphatic rings. The van der Waals surface area contributed by atoms with E-state index in [-0.39, 0.29) is 5.82 Å². The van der Waals surface area contributed by atoms with Crippen LogP contribution in [0, 0.1) is 12.7 Å². The predicted molar refractivity (Wildman–Crippen MR) is 56.1 cm³/mol. The molecule has 1 aromatic carbocycles. The number of ether oxygens (including phenoxy) is 1. The molecule has 0 aliphatic heterocycles. The van der Waals surface area contributed by atoms with Gasteiger partial charge in [-0.1, -0.05) is 19.6 Å². The molecule has 0 saturated heterocycles. The van der Waals surface area contributed by atoms with Gasteiger partial charge in [0.2, 0.25) is 0 Å². The molecule has 0 atom stereocenters. The SMILES string of the molecule is C=C(CC)COc1cc(C)ccc1F. The fourth-order valence-electron chi connectivity index (χ4n) is 1.00. The van der Waals surface area contributed by atoms with E-state index in [9.17, 15) is 4.39 Å². The van der Waals surface area contributed by atoms with E-state index in [1.54, 1.807) is 12.1 Å². The molecule has 0 amide bonds. The Hall–Kier alpha value is -1.31. The van der Waals surface area contributed by atoms with Gasteiger partial charge in [-0.25, -0.2) is 4.39 Å². The first kappa shape index (κ1) is 10.8. The molecular weight excluding hydrogens is 179 g/mol. The van der Waals surface area contributed by atoms with Crippen LogP contribution in [0.3, 0.4) is 0 Å². The Kier molecular flexibility index (Phi) is 3.69. The van der Waals surface area contributed by atoms with E-state index in [1.807, 2.05) is 13.8 Å². The van der Waals surface area contributed by atoms with Gasteiger partial charge in [0.05, 0.1) is 0 Å². The van der Waals surface area contributed by atoms with Crippen LogP contribution in [0.5, 0.6) is 5.75 Å². The average molecular weight is 194 g/mol. The molecule has 0 spiro atoms. The highest BCUT2D eigenvalue weighted by Crippen LogP contribution is 2.18. The van der Waals surface area contributed by atoms with Crippen LogP contribution in [-0.4, -0.2) is 6.61 Å². The number of aryl methyl sites for hydroxylation is 1. The summed E-state index contributed by atoms with van der Waals surface area (Å²) in [6.07, 6.45) is 0.855. The zero-order valence-corrected chi connectivity index (χ0v) is 8.64. The van der Waals surface area contributed by atoms with Crippen molar-refractivity contribution in [2.75, 3.05) is 6.61 Å². The van der Waals surface area contributed by atoms with Crippen molar-refractivity contribution in [3.05, 3.63) is 41.7 Å². The Labute approximate surface area is 84.2 Å². The summed E-state index contributed by atoms with van der Waals surface area (Å²) in [5, 5.41) is 0. The highest BCUT2D eigenvalue weighted by molar-refractivity contribution is 5.29. The molecule has 0 aliphatic carbocycles. The van der Waals surface area contributed by atoms with Gasteiger partial charge >= 0.3 is 0 Å². The molecule has 1 rings (SSSR count). The molecule has 2 heteroatoms. The van der Waals surface area contributed by atoms with Crippen molar-refractivity contribution in [2.45, 2.75) is 20.3 Å². The van der Waals surface area contributed by atoms with Gasteiger partial charge in [-0.3, -0.25) is 0 Å². The second kappa shape index (κ2) is 4.80. The van der Waals surface area contributed by atoms with Crippen molar-refractivity contribution in [1.29, 1.82) is 0 Å². The van der Waals surface area contributed by atoms with E-state index in [1.165, 1.54) is 6.07 Å². The molecule has 0 heterocycles. The Bertz CT molecular complexity index is 331. The fraction of sp³-hybridized carbons (Fsp3) is 0.333. The number of hydrogen-bond acceptors (Lipinski definition) is 1. The van der Waals surface area contributed by atoms with E-state index in [2.05, 4.69) is 6.58 Å². The topological polar surface area (TPSA) is 9.23 Å². The van der Waals surface area contributed by atoms with Crippen molar-refractivity contribution in [2.24, 2.45) is 0 Å². The molecule has 0 saturated carbocycles. The molecule has 0 N–H and O–H groups in total. The summed E-state index contributed by atoms with van der Waals surface area (Å²) in [6, 6.07) is 4.83. The summed E-state index contributed by atoms with van der Waals surface area (Å²) < 4.78 is 18.5. The summed E-state index contributed by atoms with van der Waals surface area (Å²) in [6.45, 7) is 8.08. The highest BCUT2D eigenvalue weighted by Gasteiger charge is 2.03. The van der Waals surface area contributed by atoms with Crippen LogP contribution in [0.2, 0.25) is 0 Å². The van der Waals surface area contributed by atoms with Gasteiger partial charge in [-0.2, -0.15) is 0 Å². The first-order valence-corrected chi connectivity index (χ1v) is 4.69. The lowest BCUT2D eigenvalue weighted by atomic mass is 10.2. The molecule has 0 bridgehead atoms. The minimum atomic E-state index is -0.320. The lowest BCUT2D eigenvalue weighted by Crippen LogP contribution is -2.01. The first-order chi connectivity index (χ1) is 6.63. The Morgan fingerprint density at radius 1 is 1.50 bits per heavy atom. The minimum absolute atomic E-state index is 0.305. The van der Waals surface area contributed by atoms with Crippen LogP contribution >= 0.6 is 0 Å². The van der Waals surface area contributed by atoms with Crippen LogP contribution in [0.1, 0.15) is 18.9 Å². The molecule has 0 unspecified atom stereocenters. The number of hydrogen-bond donors (Lipinski definition) is 0. The molecular formula is C12H15FO. The van der Waals surface area contributed by atoms with E-state index in [0.717, 1.165) is 17.6 Å². The second-order valence-corrected chi connectivity index (χ2v) is 3.33. The Morgan fingerprint density at radius 2 is 2.21 bits per heavy atom. The molecule has 1 aromatic rings. The predicted octanol–water partition coefficient (Wildman–Crippen LogP) is 3.48. The van der Waals surface area contributed by atoms with E-state index < -0.39 is 0 Å². The standard InChI is InChI=1S/C12H15FO/c1-4-9(2)8-14-12-7-10(3)5-6-11(12)13/h5-7H,2,4,8H2,1,3H3. The molecule has 0 fully saturated rings. The zero-order valence-electron chi connectivity index (χ0n) is 8.64. The third-order valence-corrected chi connectivity index (χ3v) is 2.02. The normalized spacial score (nSPS) is 9.93. The highest BCUT2D eigenvalue weighted by atomic mass is 19.1. The van der Waals surface area contributed by atoms with Crippen LogP contribution < -0.4 is 4.74 Å². The van der Waals surface area contributed by atoms with Gasteiger partial charge in [0.15, 0.2) is 11.6 Å². The van der Waals surface area contributed by atoms with E-state index >= 15 is 0 Å². The van der Waals surface area contributed by atoms with Gasteiger partial charge in [0, 0.05) is 0 Å². The maximum atomic E-state index is 13.2. The van der Waals surface area contributed by atoms with Crippen molar-refractivity contribution in [3.8, 4) is 5.75 Å². The number of rotatable bonds is 4. The quantitative estimate of drug-likeness (QED) is 0.667. The van der Waals surface area contributed by atoms with E-state index in [4.69, 9.17) is 4.74 Å². The summed E-state index contributed by atoms with van der Waals surface area (Å²) >= 11 is 0. The zero-order chi connectivity index (χ0) is 10.6. The first-order valence-electron chi connectivity index (χ1n) is 4.69. The third kappa shape index (κ3) is 2.87. The molecule has 1 nitrogen and oxygen atoms in total. The summed E-state index contributed by atoms with van der Waals surface area (Å²) in [7, 11) is 0. The van der Waals surface area contributed by atoms with Crippen LogP contribution in [0.25, 0.3) is 0 Å². The van der Waals surface area contributed by atoms with Crippen molar-refractivity contribution >= 4 is 0 Å². The van der Waals surface area contributed by atoms with Crippen molar-refractivity contribution in [1.82, 2.24) is 0 Å². The Morgan fingerprint density at radius 3 is 2.86 bits per heavy atom. The lowest BCUT2D eigenvalue weighted by Gasteiger charge is -2.08. The van der Waals surface area contributed by atoms with Crippen molar-refractivity contribution < 1.29 is 9.13 Å². The number of benzene rings is 1. The molecule has 0 radical (unpaired) electrons. The second-order valence-electron chi connectivity index (χ2n) is 3.33. The average Bonchev–Trinajstić information content (AvgIpc) is 2.19. The van der Waals surface area contributed by atoms with Crippen LogP contribution in [-0.2, 0) is 0 Å². The van der Waals surface area contributed by atoms with Crippen molar-refractivity contribution in [3.63, 3.8) is 0 Å². The maximum Gasteiger partial charge on any atom is 0.165 e. The van der Waals surface area contributed by atoms with Gasteiger partial charge in [-0.05, 0) is 36.6 Å². The smallest absolute Gasteiger partial charge is 0.165 e.